The van der Waals surface area contributed by atoms with Gasteiger partial charge in [0.1, 0.15) is 11.0 Å². The van der Waals surface area contributed by atoms with Crippen LogP contribution in [0.2, 0.25) is 0 Å². The molecule has 0 N–H and O–H groups in total. The number of carbonyl (C=O) groups is 6. The average Bonchev–Trinajstić information content (AvgIpc) is 3.07. The molecule has 3 aromatic heterocycles. The molecule has 0 aliphatic heterocycles. The van der Waals surface area contributed by atoms with Gasteiger partial charge in [-0.3, -0.25) is 0 Å². The first-order valence-corrected chi connectivity index (χ1v) is 15.1. The predicted molar refractivity (Wildman–Crippen MR) is 166 cm³/mol. The number of esters is 6. The molecular weight excluding hydrogens is 632 g/mol. The number of ether oxygens (including phenoxy) is 6. The third kappa shape index (κ3) is 6.67. The maximum atomic E-state index is 13.1. The summed E-state index contributed by atoms with van der Waals surface area (Å²) in [6, 6.07) is 2.53. The molecule has 252 valence electrons. The van der Waals surface area contributed by atoms with Crippen molar-refractivity contribution < 1.29 is 57.2 Å². The van der Waals surface area contributed by atoms with E-state index in [1.54, 1.807) is 41.5 Å². The van der Waals surface area contributed by atoms with Crippen LogP contribution in [0.4, 0.5) is 0 Å². The largest absolute Gasteiger partial charge is 0.462 e. The minimum absolute atomic E-state index is 0.0416. The Bertz CT molecular complexity index is 1580. The van der Waals surface area contributed by atoms with Crippen molar-refractivity contribution in [3.63, 3.8) is 0 Å². The summed E-state index contributed by atoms with van der Waals surface area (Å²) in [7, 11) is 0. The van der Waals surface area contributed by atoms with Gasteiger partial charge in [0.05, 0.1) is 61.8 Å². The molecule has 0 saturated heterocycles. The van der Waals surface area contributed by atoms with Crippen molar-refractivity contribution in [2.45, 2.75) is 41.5 Å². The summed E-state index contributed by atoms with van der Waals surface area (Å²) in [6.07, 6.45) is 0. The summed E-state index contributed by atoms with van der Waals surface area (Å²) in [5, 5.41) is 0.158. The molecule has 1 aromatic carbocycles. The van der Waals surface area contributed by atoms with Gasteiger partial charge in [-0.05, 0) is 53.7 Å². The Morgan fingerprint density at radius 3 is 0.938 bits per heavy atom. The number of rotatable bonds is 12. The maximum absolute atomic E-state index is 13.1. The topological polar surface area (TPSA) is 209 Å². The fourth-order valence-corrected chi connectivity index (χ4v) is 4.69. The van der Waals surface area contributed by atoms with Crippen molar-refractivity contribution in [2.24, 2.45) is 0 Å². The first-order chi connectivity index (χ1) is 23.1. The van der Waals surface area contributed by atoms with E-state index in [4.69, 9.17) is 28.4 Å². The molecule has 16 heteroatoms. The van der Waals surface area contributed by atoms with Gasteiger partial charge in [-0.2, -0.15) is 0 Å². The van der Waals surface area contributed by atoms with Gasteiger partial charge < -0.3 is 28.4 Å². The molecule has 0 amide bonds. The number of nitrogens with zero attached hydrogens (tertiary/aromatic N) is 4. The third-order valence-electron chi connectivity index (χ3n) is 6.55. The highest BCUT2D eigenvalue weighted by atomic mass is 16.6. The van der Waals surface area contributed by atoms with E-state index in [2.05, 4.69) is 19.9 Å². The van der Waals surface area contributed by atoms with Crippen molar-refractivity contribution in [3.05, 3.63) is 46.0 Å². The molecule has 0 aliphatic rings. The zero-order valence-electron chi connectivity index (χ0n) is 27.1. The molecule has 0 aliphatic carbocycles. The average molecular weight is 665 g/mol. The second-order valence-corrected chi connectivity index (χ2v) is 9.50. The van der Waals surface area contributed by atoms with Crippen molar-refractivity contribution >= 4 is 68.7 Å². The minimum Gasteiger partial charge on any atom is -0.462 e. The van der Waals surface area contributed by atoms with Crippen LogP contribution in [-0.4, -0.2) is 95.4 Å². The Balaban J connectivity index is 2.33. The number of aromatic nitrogens is 4. The lowest BCUT2D eigenvalue weighted by Gasteiger charge is -2.16. The molecule has 48 heavy (non-hydrogen) atoms. The van der Waals surface area contributed by atoms with Crippen molar-refractivity contribution in [1.29, 1.82) is 0 Å². The number of carbonyl (C=O) groups excluding carboxylic acids is 6. The predicted octanol–water partition coefficient (Wildman–Crippen LogP) is 3.79. The molecule has 0 spiro atoms. The van der Waals surface area contributed by atoms with E-state index < -0.39 is 58.6 Å². The second-order valence-electron chi connectivity index (χ2n) is 9.50. The van der Waals surface area contributed by atoms with Gasteiger partial charge >= 0.3 is 35.8 Å². The second kappa shape index (κ2) is 15.2. The summed E-state index contributed by atoms with van der Waals surface area (Å²) >= 11 is 0. The van der Waals surface area contributed by atoms with E-state index in [1.165, 1.54) is 12.1 Å². The van der Waals surface area contributed by atoms with Crippen LogP contribution in [0, 0.1) is 0 Å². The zero-order chi connectivity index (χ0) is 35.1. The van der Waals surface area contributed by atoms with Gasteiger partial charge in [0, 0.05) is 10.8 Å². The fourth-order valence-electron chi connectivity index (χ4n) is 4.69. The third-order valence-corrected chi connectivity index (χ3v) is 6.55. The van der Waals surface area contributed by atoms with Crippen LogP contribution in [0.1, 0.15) is 104 Å². The van der Waals surface area contributed by atoms with Crippen LogP contribution in [0.25, 0.3) is 32.8 Å². The fraction of sp³-hybridized carbons (Fsp3) is 0.375. The van der Waals surface area contributed by atoms with Crippen LogP contribution < -0.4 is 0 Å². The van der Waals surface area contributed by atoms with Gasteiger partial charge in [0.2, 0.25) is 0 Å². The normalized spacial score (nSPS) is 10.9. The van der Waals surface area contributed by atoms with Crippen LogP contribution in [0.3, 0.4) is 0 Å². The molecule has 0 fully saturated rings. The summed E-state index contributed by atoms with van der Waals surface area (Å²) in [5.74, 6) is -5.81. The monoisotopic (exact) mass is 664 g/mol. The van der Waals surface area contributed by atoms with Crippen LogP contribution in [0.15, 0.2) is 12.1 Å². The molecule has 4 aromatic rings. The van der Waals surface area contributed by atoms with E-state index >= 15 is 0 Å². The van der Waals surface area contributed by atoms with Crippen LogP contribution in [-0.2, 0) is 28.4 Å². The van der Waals surface area contributed by atoms with E-state index in [9.17, 15) is 28.8 Å². The highest BCUT2D eigenvalue weighted by Crippen LogP contribution is 2.35. The SMILES string of the molecule is CCOC(=O)c1cc2c3cc(C(=O)OCC)c(C(=O)OCC)nc3c3nc(C(=O)OCC)c(C(=O)OCC)nc3c2nc1C(=O)OCC. The zero-order valence-corrected chi connectivity index (χ0v) is 27.1. The highest BCUT2D eigenvalue weighted by molar-refractivity contribution is 6.24. The standard InChI is InChI=1S/C32H32N4O12/c1-7-43-27(37)17-13-15-16-14-18(28(38)44-8-2)22(30(40)46-10-4)34-20(16)24-23(19(15)33-21(17)29(39)45-9-3)35-25(31(41)47-11-5)26(36-24)32(42)48-12-6/h13-14H,7-12H2,1-6H3. The van der Waals surface area contributed by atoms with E-state index in [0.717, 1.165) is 0 Å². The Kier molecular flexibility index (Phi) is 11.1. The molecule has 0 saturated carbocycles. The van der Waals surface area contributed by atoms with Crippen molar-refractivity contribution in [3.8, 4) is 0 Å². The number of hydrogen-bond donors (Lipinski definition) is 0. The number of hydrogen-bond acceptors (Lipinski definition) is 16. The summed E-state index contributed by atoms with van der Waals surface area (Å²) in [4.78, 5) is 96.3. The number of benzene rings is 1. The van der Waals surface area contributed by atoms with E-state index in [0.29, 0.717) is 0 Å². The van der Waals surface area contributed by atoms with Gasteiger partial charge in [-0.15, -0.1) is 0 Å². The van der Waals surface area contributed by atoms with Crippen molar-refractivity contribution in [2.75, 3.05) is 39.6 Å². The Labute approximate surface area is 273 Å². The molecule has 0 radical (unpaired) electrons. The van der Waals surface area contributed by atoms with E-state index in [1.807, 2.05) is 0 Å². The molecule has 4 rings (SSSR count). The smallest absolute Gasteiger partial charge is 0.359 e. The van der Waals surface area contributed by atoms with Gasteiger partial charge in [-0.1, -0.05) is 0 Å². The molecular formula is C32H32N4O12. The summed E-state index contributed by atoms with van der Waals surface area (Å²) in [5.41, 5.74) is -3.13. The van der Waals surface area contributed by atoms with Crippen LogP contribution >= 0.6 is 0 Å². The molecule has 0 unspecified atom stereocenters. The van der Waals surface area contributed by atoms with Gasteiger partial charge in [0.25, 0.3) is 0 Å². The molecule has 0 atom stereocenters. The lowest BCUT2D eigenvalue weighted by atomic mass is 10.00. The Morgan fingerprint density at radius 1 is 0.396 bits per heavy atom. The van der Waals surface area contributed by atoms with Gasteiger partial charge in [0.15, 0.2) is 22.8 Å². The van der Waals surface area contributed by atoms with Crippen molar-refractivity contribution in [1.82, 2.24) is 19.9 Å². The molecule has 3 heterocycles. The lowest BCUT2D eigenvalue weighted by molar-refractivity contribution is 0.0468. The van der Waals surface area contributed by atoms with Crippen LogP contribution in [0.5, 0.6) is 0 Å². The number of pyridine rings is 2. The highest BCUT2D eigenvalue weighted by Gasteiger charge is 2.31. The number of fused-ring (bicyclic) bond motifs is 6. The quantitative estimate of drug-likeness (QED) is 0.120. The van der Waals surface area contributed by atoms with E-state index in [-0.39, 0.29) is 83.6 Å². The first kappa shape index (κ1) is 35.1. The maximum Gasteiger partial charge on any atom is 0.359 e. The lowest BCUT2D eigenvalue weighted by Crippen LogP contribution is -2.20. The minimum atomic E-state index is -1.02. The Morgan fingerprint density at radius 2 is 0.646 bits per heavy atom. The summed E-state index contributed by atoms with van der Waals surface area (Å²) in [6.45, 7) is 9.00. The Hall–Kier alpha value is -5.80. The molecule has 16 nitrogen and oxygen atoms in total. The van der Waals surface area contributed by atoms with Gasteiger partial charge in [-0.25, -0.2) is 48.7 Å². The first-order valence-electron chi connectivity index (χ1n) is 15.1. The summed E-state index contributed by atoms with van der Waals surface area (Å²) < 4.78 is 30.9. The molecule has 0 bridgehead atoms.